The summed E-state index contributed by atoms with van der Waals surface area (Å²) in [6, 6.07) is 13.5. The minimum absolute atomic E-state index is 0.0250. The van der Waals surface area contributed by atoms with E-state index in [-0.39, 0.29) is 43.9 Å². The van der Waals surface area contributed by atoms with Crippen LogP contribution in [0.2, 0.25) is 0 Å². The van der Waals surface area contributed by atoms with Crippen LogP contribution in [0.15, 0.2) is 58.9 Å². The molecule has 1 atom stereocenters. The molecule has 0 unspecified atom stereocenters. The maximum absolute atomic E-state index is 14.8. The second kappa shape index (κ2) is 8.84. The molecule has 0 radical (unpaired) electrons. The lowest BCUT2D eigenvalue weighted by Crippen LogP contribution is -2.40. The standard InChI is InChI=1S/C24H17F2N3O3S/c1-2-32-24(31)20-19(14-8-4-6-10-17(14)26)15(12-27)21(28)29-22(30)18(33-23(20)29)11-13-7-3-5-9-16(13)25/h3-11,19H,2,28H2,1H3/b18-11-/t19-/m1/s1. The molecule has 33 heavy (non-hydrogen) atoms. The lowest BCUT2D eigenvalue weighted by molar-refractivity contribution is -0.136. The number of halogens is 2. The van der Waals surface area contributed by atoms with E-state index in [4.69, 9.17) is 10.5 Å². The molecule has 0 amide bonds. The van der Waals surface area contributed by atoms with Crippen LogP contribution < -0.4 is 20.5 Å². The lowest BCUT2D eigenvalue weighted by Gasteiger charge is -2.24. The molecule has 0 saturated carbocycles. The summed E-state index contributed by atoms with van der Waals surface area (Å²) in [6.45, 7) is 1.63. The van der Waals surface area contributed by atoms with E-state index in [1.165, 1.54) is 42.5 Å². The molecule has 0 bridgehead atoms. The number of benzene rings is 2. The Kier molecular flexibility index (Phi) is 5.94. The predicted molar refractivity (Wildman–Crippen MR) is 120 cm³/mol. The Morgan fingerprint density at radius 2 is 1.88 bits per heavy atom. The molecule has 2 N–H and O–H groups in total. The van der Waals surface area contributed by atoms with E-state index in [0.29, 0.717) is 0 Å². The topological polar surface area (TPSA) is 98.1 Å². The van der Waals surface area contributed by atoms with Crippen molar-refractivity contribution in [2.24, 2.45) is 5.73 Å². The zero-order valence-corrected chi connectivity index (χ0v) is 18.2. The minimum atomic E-state index is -1.17. The van der Waals surface area contributed by atoms with Gasteiger partial charge in [0.1, 0.15) is 22.1 Å². The van der Waals surface area contributed by atoms with Gasteiger partial charge in [0.15, 0.2) is 0 Å². The number of thiazole rings is 1. The number of hydrogen-bond donors (Lipinski definition) is 1. The minimum Gasteiger partial charge on any atom is -0.463 e. The van der Waals surface area contributed by atoms with Crippen LogP contribution in [0.5, 0.6) is 0 Å². The summed E-state index contributed by atoms with van der Waals surface area (Å²) in [5.74, 6) is -3.38. The Morgan fingerprint density at radius 1 is 1.21 bits per heavy atom. The zero-order valence-electron chi connectivity index (χ0n) is 17.3. The number of aromatic nitrogens is 1. The Balaban J connectivity index is 2.14. The van der Waals surface area contributed by atoms with E-state index in [0.717, 1.165) is 15.9 Å². The van der Waals surface area contributed by atoms with Gasteiger partial charge in [-0.15, -0.1) is 11.3 Å². The Morgan fingerprint density at radius 3 is 2.52 bits per heavy atom. The smallest absolute Gasteiger partial charge is 0.338 e. The van der Waals surface area contributed by atoms with Gasteiger partial charge in [0.25, 0.3) is 5.56 Å². The van der Waals surface area contributed by atoms with Gasteiger partial charge in [-0.2, -0.15) is 5.26 Å². The van der Waals surface area contributed by atoms with Gasteiger partial charge >= 0.3 is 5.97 Å². The first-order valence-electron chi connectivity index (χ1n) is 9.93. The summed E-state index contributed by atoms with van der Waals surface area (Å²) >= 11 is 0.893. The van der Waals surface area contributed by atoms with Crippen molar-refractivity contribution in [2.45, 2.75) is 12.8 Å². The highest BCUT2D eigenvalue weighted by Gasteiger charge is 2.37. The third-order valence-electron chi connectivity index (χ3n) is 5.17. The second-order valence-corrected chi connectivity index (χ2v) is 8.11. The number of allylic oxidation sites excluding steroid dienone is 1. The highest BCUT2D eigenvalue weighted by atomic mass is 32.1. The van der Waals surface area contributed by atoms with Crippen LogP contribution in [0.4, 0.5) is 8.78 Å². The molecule has 0 saturated heterocycles. The molecule has 0 aliphatic carbocycles. The van der Waals surface area contributed by atoms with Crippen LogP contribution in [0.1, 0.15) is 24.0 Å². The first kappa shape index (κ1) is 22.2. The molecule has 9 heteroatoms. The van der Waals surface area contributed by atoms with E-state index >= 15 is 0 Å². The van der Waals surface area contributed by atoms with Crippen LogP contribution in [-0.4, -0.2) is 17.1 Å². The van der Waals surface area contributed by atoms with Crippen molar-refractivity contribution in [3.8, 4) is 6.07 Å². The zero-order chi connectivity index (χ0) is 23.7. The average molecular weight is 465 g/mol. The molecule has 3 aromatic rings. The number of esters is 1. The van der Waals surface area contributed by atoms with Crippen molar-refractivity contribution in [1.29, 1.82) is 5.26 Å². The van der Waals surface area contributed by atoms with Gasteiger partial charge in [-0.05, 0) is 25.1 Å². The summed E-state index contributed by atoms with van der Waals surface area (Å²) in [6.07, 6.45) is 1.34. The highest BCUT2D eigenvalue weighted by Crippen LogP contribution is 2.37. The molecule has 1 aromatic heterocycles. The molecule has 0 fully saturated rings. The van der Waals surface area contributed by atoms with Crippen LogP contribution in [-0.2, 0) is 9.53 Å². The first-order chi connectivity index (χ1) is 15.9. The van der Waals surface area contributed by atoms with E-state index in [9.17, 15) is 23.6 Å². The van der Waals surface area contributed by atoms with E-state index in [2.05, 4.69) is 0 Å². The molecule has 0 spiro atoms. The number of hydrogen-bond acceptors (Lipinski definition) is 6. The molecule has 1 aliphatic rings. The first-order valence-corrected chi connectivity index (χ1v) is 10.7. The summed E-state index contributed by atoms with van der Waals surface area (Å²) < 4.78 is 35.4. The number of rotatable bonds is 4. The van der Waals surface area contributed by atoms with E-state index < -0.39 is 29.1 Å². The highest BCUT2D eigenvalue weighted by molar-refractivity contribution is 7.07. The monoisotopic (exact) mass is 465 g/mol. The van der Waals surface area contributed by atoms with Crippen molar-refractivity contribution in [2.75, 3.05) is 6.61 Å². The number of ether oxygens (including phenoxy) is 1. The quantitative estimate of drug-likeness (QED) is 0.596. The number of nitrogens with two attached hydrogens (primary N) is 1. The number of nitriles is 1. The van der Waals surface area contributed by atoms with Crippen molar-refractivity contribution < 1.29 is 18.3 Å². The van der Waals surface area contributed by atoms with Gasteiger partial charge < -0.3 is 10.5 Å². The molecule has 4 rings (SSSR count). The maximum Gasteiger partial charge on any atom is 0.338 e. The van der Waals surface area contributed by atoms with Crippen LogP contribution in [0.25, 0.3) is 17.5 Å². The van der Waals surface area contributed by atoms with Crippen LogP contribution >= 0.6 is 11.3 Å². The van der Waals surface area contributed by atoms with E-state index in [1.54, 1.807) is 19.1 Å². The SMILES string of the molecule is CCOC(=O)C1=c2s/c(=C\c3ccccc3F)c(=O)n2C(N)=C(C#N)[C@H]1c1ccccc1F. The summed E-state index contributed by atoms with van der Waals surface area (Å²) in [5, 5.41) is 9.86. The van der Waals surface area contributed by atoms with Gasteiger partial charge in [-0.3, -0.25) is 9.36 Å². The van der Waals surface area contributed by atoms with Crippen LogP contribution in [0.3, 0.4) is 0 Å². The molecule has 166 valence electrons. The molecule has 1 aliphatic heterocycles. The Labute approximate surface area is 190 Å². The van der Waals surface area contributed by atoms with Gasteiger partial charge in [-0.1, -0.05) is 36.4 Å². The van der Waals surface area contributed by atoms with Gasteiger partial charge in [0, 0.05) is 11.1 Å². The summed E-state index contributed by atoms with van der Waals surface area (Å²) in [5.41, 5.74) is 5.55. The predicted octanol–water partition coefficient (Wildman–Crippen LogP) is 2.18. The third kappa shape index (κ3) is 3.75. The number of carbonyl (C=O) groups is 1. The van der Waals surface area contributed by atoms with E-state index in [1.807, 2.05) is 6.07 Å². The number of carbonyl (C=O) groups excluding carboxylic acids is 1. The molecule has 6 nitrogen and oxygen atoms in total. The van der Waals surface area contributed by atoms with Crippen molar-refractivity contribution in [1.82, 2.24) is 4.57 Å². The van der Waals surface area contributed by atoms with Gasteiger partial charge in [-0.25, -0.2) is 13.6 Å². The molecular weight excluding hydrogens is 448 g/mol. The van der Waals surface area contributed by atoms with Crippen molar-refractivity contribution in [3.63, 3.8) is 0 Å². The lowest BCUT2D eigenvalue weighted by atomic mass is 9.83. The maximum atomic E-state index is 14.8. The average Bonchev–Trinajstić information content (AvgIpc) is 3.11. The van der Waals surface area contributed by atoms with Crippen molar-refractivity contribution in [3.05, 3.63) is 96.4 Å². The van der Waals surface area contributed by atoms with Gasteiger partial charge in [0.05, 0.1) is 34.3 Å². The molecule has 2 aromatic carbocycles. The largest absolute Gasteiger partial charge is 0.463 e. The fraction of sp³-hybridized carbons (Fsp3) is 0.125. The third-order valence-corrected chi connectivity index (χ3v) is 6.28. The Bertz CT molecular complexity index is 1530. The normalized spacial score (nSPS) is 15.9. The number of fused-ring (bicyclic) bond motifs is 1. The second-order valence-electron chi connectivity index (χ2n) is 7.08. The Hall–Kier alpha value is -4.03. The molecule has 2 heterocycles. The fourth-order valence-electron chi connectivity index (χ4n) is 3.71. The number of nitrogens with zero attached hydrogens (tertiary/aromatic N) is 2. The van der Waals surface area contributed by atoms with Gasteiger partial charge in [0.2, 0.25) is 0 Å². The summed E-state index contributed by atoms with van der Waals surface area (Å²) in [7, 11) is 0. The van der Waals surface area contributed by atoms with Crippen LogP contribution in [0, 0.1) is 23.0 Å². The molecular formula is C24H17F2N3O3S. The van der Waals surface area contributed by atoms with Crippen molar-refractivity contribution >= 4 is 34.8 Å². The fourth-order valence-corrected chi connectivity index (χ4v) is 4.86. The summed E-state index contributed by atoms with van der Waals surface area (Å²) in [4.78, 5) is 26.2.